The van der Waals surface area contributed by atoms with E-state index >= 15 is 0 Å². The molecule has 0 aromatic heterocycles. The zero-order valence-electron chi connectivity index (χ0n) is 23.6. The molecule has 0 radical (unpaired) electrons. The van der Waals surface area contributed by atoms with E-state index in [-0.39, 0.29) is 30.7 Å². The number of aliphatic imine (C=N–C) groups is 3. The first-order chi connectivity index (χ1) is 20.1. The summed E-state index contributed by atoms with van der Waals surface area (Å²) < 4.78 is 23.2. The van der Waals surface area contributed by atoms with Crippen LogP contribution in [0.3, 0.4) is 0 Å². The molecule has 42 heavy (non-hydrogen) atoms. The number of ether oxygens (including phenoxy) is 4. The number of nitrogens with two attached hydrogens (primary N) is 1. The van der Waals surface area contributed by atoms with E-state index in [9.17, 15) is 14.7 Å². The number of nitrogens with one attached hydrogen (secondary N) is 1. The van der Waals surface area contributed by atoms with Gasteiger partial charge in [0.2, 0.25) is 11.7 Å². The third-order valence-corrected chi connectivity index (χ3v) is 7.38. The maximum Gasteiger partial charge on any atom is 0.374 e. The minimum absolute atomic E-state index is 0.0173. The molecule has 14 heteroatoms. The fourth-order valence-electron chi connectivity index (χ4n) is 5.35. The molecule has 0 fully saturated rings. The van der Waals surface area contributed by atoms with Crippen LogP contribution < -0.4 is 25.3 Å². The maximum atomic E-state index is 12.7. The third kappa shape index (κ3) is 4.62. The van der Waals surface area contributed by atoms with E-state index in [0.29, 0.717) is 47.2 Å². The highest BCUT2D eigenvalue weighted by molar-refractivity contribution is 6.69. The van der Waals surface area contributed by atoms with Gasteiger partial charge in [-0.3, -0.25) is 14.7 Å². The highest BCUT2D eigenvalue weighted by Gasteiger charge is 2.41. The lowest BCUT2D eigenvalue weighted by Crippen LogP contribution is -2.53. The number of nitrogens with zero attached hydrogens (tertiary/aromatic N) is 5. The van der Waals surface area contributed by atoms with Crippen molar-refractivity contribution in [1.82, 2.24) is 15.1 Å². The lowest BCUT2D eigenvalue weighted by molar-refractivity contribution is -0.141. The molecule has 1 aromatic carbocycles. The van der Waals surface area contributed by atoms with Gasteiger partial charge in [0.15, 0.2) is 17.8 Å². The van der Waals surface area contributed by atoms with Crippen LogP contribution in [-0.2, 0) is 20.7 Å². The van der Waals surface area contributed by atoms with E-state index < -0.39 is 29.9 Å². The average Bonchev–Trinajstić information content (AvgIpc) is 3.68. The monoisotopic (exact) mass is 577 g/mol. The van der Waals surface area contributed by atoms with Crippen molar-refractivity contribution in [3.05, 3.63) is 47.5 Å². The summed E-state index contributed by atoms with van der Waals surface area (Å²) in [6.45, 7) is 5.85. The first kappa shape index (κ1) is 27.3. The second-order valence-corrected chi connectivity index (χ2v) is 10.6. The van der Waals surface area contributed by atoms with Crippen molar-refractivity contribution in [2.24, 2.45) is 20.7 Å². The van der Waals surface area contributed by atoms with Crippen molar-refractivity contribution in [3.8, 4) is 17.2 Å². The number of benzene rings is 1. The Morgan fingerprint density at radius 2 is 2.14 bits per heavy atom. The summed E-state index contributed by atoms with van der Waals surface area (Å²) in [5.74, 6) is 0.544. The summed E-state index contributed by atoms with van der Waals surface area (Å²) in [6, 6.07) is 1.71. The molecule has 0 saturated carbocycles. The number of esters is 1. The Labute approximate surface area is 241 Å². The number of hydrogen-bond acceptors (Lipinski definition) is 13. The standard InChI is InChI=1S/C28H31N7O7/c1-5-40-25(37)18-10-14(20-17(41-18)12-16-15(22(20)39-4)11-19(42-16)28(2,3)38)6-8-34-9-7-30-27(34)35-13-31-21-23(35)32-26(29)33-24(21)36/h6-7,9-10,12,19,27,30,38H,5,8,11,13H2,1-4H3,(H2,29,33,36)/b14-6+/t19-,27?/m0/s1. The smallest absolute Gasteiger partial charge is 0.374 e. The van der Waals surface area contributed by atoms with E-state index in [1.165, 1.54) is 0 Å². The predicted molar refractivity (Wildman–Crippen MR) is 152 cm³/mol. The molecule has 14 nitrogen and oxygen atoms in total. The van der Waals surface area contributed by atoms with Crippen LogP contribution in [0.2, 0.25) is 0 Å². The Bertz CT molecular complexity index is 1550. The van der Waals surface area contributed by atoms with Crippen molar-refractivity contribution in [2.45, 2.75) is 45.2 Å². The number of fused-ring (bicyclic) bond motifs is 3. The van der Waals surface area contributed by atoms with Gasteiger partial charge in [0.1, 0.15) is 30.0 Å². The van der Waals surface area contributed by atoms with E-state index in [2.05, 4.69) is 20.3 Å². The van der Waals surface area contributed by atoms with E-state index in [4.69, 9.17) is 24.7 Å². The summed E-state index contributed by atoms with van der Waals surface area (Å²) in [5.41, 5.74) is 6.94. The van der Waals surface area contributed by atoms with Crippen molar-refractivity contribution in [3.63, 3.8) is 0 Å². The molecule has 220 valence electrons. The van der Waals surface area contributed by atoms with Crippen molar-refractivity contribution in [2.75, 3.05) is 26.9 Å². The largest absolute Gasteiger partial charge is 0.496 e. The molecule has 6 rings (SSSR count). The minimum Gasteiger partial charge on any atom is -0.496 e. The van der Waals surface area contributed by atoms with Crippen molar-refractivity contribution >= 4 is 35.0 Å². The number of aliphatic hydroxyl groups is 1. The molecule has 5 aliphatic heterocycles. The van der Waals surface area contributed by atoms with Gasteiger partial charge >= 0.3 is 11.9 Å². The Kier molecular flexibility index (Phi) is 6.64. The Balaban J connectivity index is 1.34. The highest BCUT2D eigenvalue weighted by Crippen LogP contribution is 2.50. The van der Waals surface area contributed by atoms with E-state index in [1.54, 1.807) is 46.2 Å². The van der Waals surface area contributed by atoms with Crippen LogP contribution in [0, 0.1) is 0 Å². The van der Waals surface area contributed by atoms with Gasteiger partial charge in [-0.1, -0.05) is 6.08 Å². The summed E-state index contributed by atoms with van der Waals surface area (Å²) in [6.07, 6.45) is 6.73. The van der Waals surface area contributed by atoms with E-state index in [1.807, 2.05) is 22.1 Å². The van der Waals surface area contributed by atoms with Gasteiger partial charge in [-0.25, -0.2) is 4.79 Å². The molecule has 4 N–H and O–H groups in total. The van der Waals surface area contributed by atoms with Crippen LogP contribution in [0.5, 0.6) is 17.2 Å². The molecule has 1 aromatic rings. The van der Waals surface area contributed by atoms with Gasteiger partial charge < -0.3 is 40.0 Å². The van der Waals surface area contributed by atoms with Crippen LogP contribution in [-0.4, -0.2) is 89.2 Å². The number of carbonyl (C=O) groups excluding carboxylic acids is 2. The lowest BCUT2D eigenvalue weighted by Gasteiger charge is -2.33. The molecule has 1 unspecified atom stereocenters. The number of carbonyl (C=O) groups is 2. The fourth-order valence-corrected chi connectivity index (χ4v) is 5.35. The van der Waals surface area contributed by atoms with Crippen LogP contribution in [0.1, 0.15) is 31.9 Å². The quantitative estimate of drug-likeness (QED) is 0.388. The molecule has 5 aliphatic rings. The summed E-state index contributed by atoms with van der Waals surface area (Å²) in [4.78, 5) is 41.0. The van der Waals surface area contributed by atoms with Gasteiger partial charge in [-0.2, -0.15) is 9.98 Å². The van der Waals surface area contributed by atoms with Crippen LogP contribution in [0.15, 0.2) is 51.4 Å². The first-order valence-corrected chi connectivity index (χ1v) is 13.5. The normalized spacial score (nSPS) is 23.2. The predicted octanol–water partition coefficient (Wildman–Crippen LogP) is 0.620. The number of rotatable bonds is 7. The van der Waals surface area contributed by atoms with Gasteiger partial charge in [-0.15, -0.1) is 0 Å². The zero-order chi connectivity index (χ0) is 29.8. The number of hydrogen-bond donors (Lipinski definition) is 3. The Hall–Kier alpha value is -4.85. The van der Waals surface area contributed by atoms with Crippen LogP contribution >= 0.6 is 0 Å². The number of amides is 1. The van der Waals surface area contributed by atoms with Crippen molar-refractivity contribution < 1.29 is 33.6 Å². The average molecular weight is 578 g/mol. The maximum absolute atomic E-state index is 12.7. The first-order valence-electron chi connectivity index (χ1n) is 13.5. The van der Waals surface area contributed by atoms with Gasteiger partial charge in [0.25, 0.3) is 0 Å². The second kappa shape index (κ2) is 10.2. The van der Waals surface area contributed by atoms with E-state index in [0.717, 1.165) is 5.56 Å². The topological polar surface area (TPSA) is 173 Å². The molecular formula is C28H31N7O7. The molecule has 0 aliphatic carbocycles. The van der Waals surface area contributed by atoms with Crippen LogP contribution in [0.25, 0.3) is 5.57 Å². The number of guanidine groups is 1. The Morgan fingerprint density at radius 1 is 1.33 bits per heavy atom. The third-order valence-electron chi connectivity index (χ3n) is 7.38. The fraction of sp³-hybridized carbons (Fsp3) is 0.393. The summed E-state index contributed by atoms with van der Waals surface area (Å²) >= 11 is 0. The molecule has 0 saturated heterocycles. The lowest BCUT2D eigenvalue weighted by atomic mass is 9.92. The molecule has 0 spiro atoms. The zero-order valence-corrected chi connectivity index (χ0v) is 23.6. The highest BCUT2D eigenvalue weighted by atomic mass is 16.6. The number of allylic oxidation sites excluding steroid dienone is 2. The van der Waals surface area contributed by atoms with Gasteiger partial charge in [0.05, 0.1) is 24.9 Å². The molecular weight excluding hydrogens is 546 g/mol. The summed E-state index contributed by atoms with van der Waals surface area (Å²) in [5, 5.41) is 13.9. The molecule has 5 heterocycles. The van der Waals surface area contributed by atoms with Crippen molar-refractivity contribution in [1.29, 1.82) is 0 Å². The molecule has 1 amide bonds. The minimum atomic E-state index is -1.09. The second-order valence-electron chi connectivity index (χ2n) is 10.6. The van der Waals surface area contributed by atoms with Gasteiger partial charge in [-0.05, 0) is 32.4 Å². The molecule has 0 bridgehead atoms. The molecule has 2 atom stereocenters. The van der Waals surface area contributed by atoms with Crippen LogP contribution in [0.4, 0.5) is 0 Å². The SMILES string of the molecule is CCOC(=O)C1=C/C(=C\CN2C=CNC2N2CN=C3C(=O)N=C(N)N=C32)c2c(cc3c(c2OC)C[C@@H](C(C)(C)O)O3)O1. The van der Waals surface area contributed by atoms with Gasteiger partial charge in [0, 0.05) is 37.0 Å². The Morgan fingerprint density at radius 3 is 2.88 bits per heavy atom. The number of amidine groups is 1. The number of methoxy groups -OCH3 is 1. The summed E-state index contributed by atoms with van der Waals surface area (Å²) in [7, 11) is 1.56.